The van der Waals surface area contributed by atoms with Crippen molar-refractivity contribution in [3.63, 3.8) is 0 Å². The monoisotopic (exact) mass is 241 g/mol. The van der Waals surface area contributed by atoms with Crippen molar-refractivity contribution in [1.82, 2.24) is 14.5 Å². The van der Waals surface area contributed by atoms with Gasteiger partial charge in [-0.3, -0.25) is 9.78 Å². The molecule has 0 unspecified atom stereocenters. The Balaban J connectivity index is 1.82. The predicted octanol–water partition coefficient (Wildman–Crippen LogP) is 1.62. The maximum Gasteiger partial charge on any atom is 0.255 e. The van der Waals surface area contributed by atoms with Gasteiger partial charge in [0.25, 0.3) is 5.91 Å². The lowest BCUT2D eigenvalue weighted by molar-refractivity contribution is 0.0733. The van der Waals surface area contributed by atoms with Crippen LogP contribution < -0.4 is 0 Å². The molecular weight excluding hydrogens is 226 g/mol. The van der Waals surface area contributed by atoms with E-state index in [2.05, 4.69) is 28.9 Å². The Morgan fingerprint density at radius 3 is 3.06 bits per heavy atom. The molecule has 2 aromatic rings. The number of aromatic nitrogens is 2. The van der Waals surface area contributed by atoms with Gasteiger partial charge in [-0.1, -0.05) is 0 Å². The van der Waals surface area contributed by atoms with E-state index in [1.54, 1.807) is 18.5 Å². The van der Waals surface area contributed by atoms with E-state index in [0.717, 1.165) is 13.0 Å². The van der Waals surface area contributed by atoms with Crippen LogP contribution in [0.4, 0.5) is 0 Å². The minimum Gasteiger partial charge on any atom is -0.354 e. The van der Waals surface area contributed by atoms with Gasteiger partial charge < -0.3 is 9.47 Å². The van der Waals surface area contributed by atoms with Crippen LogP contribution in [0.15, 0.2) is 36.8 Å². The van der Waals surface area contributed by atoms with E-state index in [4.69, 9.17) is 0 Å². The summed E-state index contributed by atoms with van der Waals surface area (Å²) in [5.41, 5.74) is 3.25. The number of carbonyl (C=O) groups excluding carboxylic acids is 1. The number of rotatable bonds is 1. The Morgan fingerprint density at radius 1 is 1.39 bits per heavy atom. The summed E-state index contributed by atoms with van der Waals surface area (Å²) in [7, 11) is 2.05. The quantitative estimate of drug-likeness (QED) is 0.761. The third-order valence-electron chi connectivity index (χ3n) is 3.47. The molecule has 0 atom stereocenters. The number of pyridine rings is 1. The van der Waals surface area contributed by atoms with Gasteiger partial charge in [-0.25, -0.2) is 0 Å². The van der Waals surface area contributed by atoms with Gasteiger partial charge in [0.2, 0.25) is 0 Å². The Labute approximate surface area is 106 Å². The highest BCUT2D eigenvalue weighted by molar-refractivity contribution is 5.94. The van der Waals surface area contributed by atoms with Crippen LogP contribution in [0.3, 0.4) is 0 Å². The SMILES string of the molecule is Cn1ccc2c1CCN(C(=O)c1cccnc1)C2. The lowest BCUT2D eigenvalue weighted by atomic mass is 10.1. The first-order valence-electron chi connectivity index (χ1n) is 6.08. The Morgan fingerprint density at radius 2 is 2.28 bits per heavy atom. The van der Waals surface area contributed by atoms with E-state index in [1.165, 1.54) is 11.3 Å². The standard InChI is InChI=1S/C14H15N3O/c1-16-7-4-12-10-17(8-5-13(12)16)14(18)11-3-2-6-15-9-11/h2-4,6-7,9H,5,8,10H2,1H3. The summed E-state index contributed by atoms with van der Waals surface area (Å²) < 4.78 is 2.14. The van der Waals surface area contributed by atoms with E-state index in [-0.39, 0.29) is 5.91 Å². The average molecular weight is 241 g/mol. The second-order valence-corrected chi connectivity index (χ2v) is 4.62. The van der Waals surface area contributed by atoms with E-state index in [9.17, 15) is 4.79 Å². The molecule has 0 fully saturated rings. The topological polar surface area (TPSA) is 38.1 Å². The first-order chi connectivity index (χ1) is 8.75. The predicted molar refractivity (Wildman–Crippen MR) is 68.1 cm³/mol. The van der Waals surface area contributed by atoms with E-state index in [1.807, 2.05) is 11.0 Å². The van der Waals surface area contributed by atoms with Crippen molar-refractivity contribution < 1.29 is 4.79 Å². The molecule has 4 nitrogen and oxygen atoms in total. The molecule has 0 aliphatic carbocycles. The third-order valence-corrected chi connectivity index (χ3v) is 3.47. The molecule has 0 saturated carbocycles. The minimum absolute atomic E-state index is 0.0672. The van der Waals surface area contributed by atoms with Crippen molar-refractivity contribution >= 4 is 5.91 Å². The molecule has 0 N–H and O–H groups in total. The number of nitrogens with zero attached hydrogens (tertiary/aromatic N) is 3. The summed E-state index contributed by atoms with van der Waals surface area (Å²) >= 11 is 0. The number of carbonyl (C=O) groups is 1. The lowest BCUT2D eigenvalue weighted by Crippen LogP contribution is -2.36. The fourth-order valence-corrected chi connectivity index (χ4v) is 2.47. The van der Waals surface area contributed by atoms with Crippen LogP contribution in [0.2, 0.25) is 0 Å². The molecule has 0 saturated heterocycles. The molecule has 3 heterocycles. The van der Waals surface area contributed by atoms with Crippen molar-refractivity contribution in [2.75, 3.05) is 6.54 Å². The van der Waals surface area contributed by atoms with Crippen LogP contribution in [0, 0.1) is 0 Å². The number of amides is 1. The van der Waals surface area contributed by atoms with Gasteiger partial charge in [0, 0.05) is 50.8 Å². The second-order valence-electron chi connectivity index (χ2n) is 4.62. The van der Waals surface area contributed by atoms with Gasteiger partial charge in [0.05, 0.1) is 5.56 Å². The first-order valence-corrected chi connectivity index (χ1v) is 6.08. The van der Waals surface area contributed by atoms with Crippen molar-refractivity contribution in [2.24, 2.45) is 7.05 Å². The van der Waals surface area contributed by atoms with Crippen LogP contribution in [-0.4, -0.2) is 26.9 Å². The van der Waals surface area contributed by atoms with Gasteiger partial charge in [-0.2, -0.15) is 0 Å². The van der Waals surface area contributed by atoms with E-state index in [0.29, 0.717) is 12.1 Å². The first kappa shape index (κ1) is 11.0. The van der Waals surface area contributed by atoms with Gasteiger partial charge in [-0.15, -0.1) is 0 Å². The Hall–Kier alpha value is -2.10. The largest absolute Gasteiger partial charge is 0.354 e. The zero-order valence-corrected chi connectivity index (χ0v) is 10.3. The molecule has 92 valence electrons. The third kappa shape index (κ3) is 1.79. The highest BCUT2D eigenvalue weighted by Crippen LogP contribution is 2.20. The van der Waals surface area contributed by atoms with Gasteiger partial charge in [0.15, 0.2) is 0 Å². The highest BCUT2D eigenvalue weighted by Gasteiger charge is 2.23. The lowest BCUT2D eigenvalue weighted by Gasteiger charge is -2.27. The molecule has 4 heteroatoms. The fourth-order valence-electron chi connectivity index (χ4n) is 2.47. The summed E-state index contributed by atoms with van der Waals surface area (Å²) in [4.78, 5) is 18.2. The van der Waals surface area contributed by atoms with Crippen molar-refractivity contribution in [3.8, 4) is 0 Å². The van der Waals surface area contributed by atoms with Crippen LogP contribution in [0.25, 0.3) is 0 Å². The molecule has 1 aliphatic rings. The smallest absolute Gasteiger partial charge is 0.255 e. The minimum atomic E-state index is 0.0672. The molecule has 18 heavy (non-hydrogen) atoms. The molecule has 1 amide bonds. The summed E-state index contributed by atoms with van der Waals surface area (Å²) in [6, 6.07) is 5.71. The molecule has 0 spiro atoms. The maximum atomic E-state index is 12.3. The molecule has 3 rings (SSSR count). The fraction of sp³-hybridized carbons (Fsp3) is 0.286. The summed E-state index contributed by atoms with van der Waals surface area (Å²) in [5, 5.41) is 0. The number of hydrogen-bond donors (Lipinski definition) is 0. The molecular formula is C14H15N3O. The summed E-state index contributed by atoms with van der Waals surface area (Å²) in [6.45, 7) is 1.47. The number of aryl methyl sites for hydroxylation is 1. The van der Waals surface area contributed by atoms with Crippen LogP contribution in [0.5, 0.6) is 0 Å². The van der Waals surface area contributed by atoms with Crippen LogP contribution in [0.1, 0.15) is 21.6 Å². The van der Waals surface area contributed by atoms with Crippen molar-refractivity contribution in [2.45, 2.75) is 13.0 Å². The summed E-state index contributed by atoms with van der Waals surface area (Å²) in [6.07, 6.45) is 6.29. The zero-order valence-electron chi connectivity index (χ0n) is 10.3. The van der Waals surface area contributed by atoms with Crippen LogP contribution >= 0.6 is 0 Å². The number of fused-ring (bicyclic) bond motifs is 1. The molecule has 1 aliphatic heterocycles. The highest BCUT2D eigenvalue weighted by atomic mass is 16.2. The van der Waals surface area contributed by atoms with Crippen molar-refractivity contribution in [1.29, 1.82) is 0 Å². The van der Waals surface area contributed by atoms with E-state index >= 15 is 0 Å². The number of hydrogen-bond acceptors (Lipinski definition) is 2. The summed E-state index contributed by atoms with van der Waals surface area (Å²) in [5.74, 6) is 0.0672. The van der Waals surface area contributed by atoms with Gasteiger partial charge in [0.1, 0.15) is 0 Å². The van der Waals surface area contributed by atoms with Gasteiger partial charge in [-0.05, 0) is 23.8 Å². The molecule has 0 aromatic carbocycles. The Kier molecular flexibility index (Phi) is 2.63. The van der Waals surface area contributed by atoms with Crippen molar-refractivity contribution in [3.05, 3.63) is 53.6 Å². The zero-order chi connectivity index (χ0) is 12.5. The molecule has 2 aromatic heterocycles. The Bertz CT molecular complexity index is 574. The maximum absolute atomic E-state index is 12.3. The average Bonchev–Trinajstić information content (AvgIpc) is 2.80. The van der Waals surface area contributed by atoms with Gasteiger partial charge >= 0.3 is 0 Å². The molecule has 0 radical (unpaired) electrons. The van der Waals surface area contributed by atoms with E-state index < -0.39 is 0 Å². The molecule has 0 bridgehead atoms. The normalized spacial score (nSPS) is 14.4. The van der Waals surface area contributed by atoms with Crippen LogP contribution in [-0.2, 0) is 20.0 Å². The second kappa shape index (κ2) is 4.29.